The summed E-state index contributed by atoms with van der Waals surface area (Å²) in [6.07, 6.45) is -1.49. The summed E-state index contributed by atoms with van der Waals surface area (Å²) in [6, 6.07) is 5.15. The maximum absolute atomic E-state index is 11.6. The van der Waals surface area contributed by atoms with E-state index in [1.165, 1.54) is 0 Å². The maximum atomic E-state index is 11.6. The molecule has 2 amide bonds. The molecule has 0 aliphatic rings. The molecule has 0 heterocycles. The number of carbonyl (C=O) groups excluding carboxylic acids is 1. The number of hydrogen-bond acceptors (Lipinski definition) is 3. The lowest BCUT2D eigenvalue weighted by atomic mass is 10.1. The molecule has 1 atom stereocenters. The summed E-state index contributed by atoms with van der Waals surface area (Å²) in [4.78, 5) is 21.9. The number of aliphatic carboxylic acids is 1. The lowest BCUT2D eigenvalue weighted by Gasteiger charge is -2.12. The first-order valence-electron chi connectivity index (χ1n) is 5.93. The van der Waals surface area contributed by atoms with E-state index in [0.717, 1.165) is 11.1 Å². The van der Waals surface area contributed by atoms with Gasteiger partial charge in [-0.15, -0.1) is 0 Å². The zero-order valence-electron chi connectivity index (χ0n) is 10.9. The van der Waals surface area contributed by atoms with Gasteiger partial charge >= 0.3 is 12.0 Å². The van der Waals surface area contributed by atoms with E-state index in [1.807, 2.05) is 26.0 Å². The molecule has 6 heteroatoms. The van der Waals surface area contributed by atoms with Crippen LogP contribution < -0.4 is 10.6 Å². The Labute approximate surface area is 111 Å². The van der Waals surface area contributed by atoms with Crippen LogP contribution in [0, 0.1) is 13.8 Å². The number of amides is 2. The number of rotatable bonds is 5. The van der Waals surface area contributed by atoms with Crippen LogP contribution in [0.3, 0.4) is 0 Å². The van der Waals surface area contributed by atoms with Gasteiger partial charge in [0, 0.05) is 18.7 Å². The minimum atomic E-state index is -1.46. The molecular weight excluding hydrogens is 248 g/mol. The third kappa shape index (κ3) is 4.59. The molecule has 0 bridgehead atoms. The second kappa shape index (κ2) is 6.75. The van der Waals surface area contributed by atoms with Crippen molar-refractivity contribution in [3.05, 3.63) is 29.3 Å². The third-order valence-electron chi connectivity index (χ3n) is 2.84. The fourth-order valence-corrected chi connectivity index (χ4v) is 1.50. The summed E-state index contributed by atoms with van der Waals surface area (Å²) >= 11 is 0. The molecule has 1 unspecified atom stereocenters. The molecule has 0 saturated carbocycles. The van der Waals surface area contributed by atoms with Crippen molar-refractivity contribution < 1.29 is 19.8 Å². The highest BCUT2D eigenvalue weighted by Gasteiger charge is 2.13. The van der Waals surface area contributed by atoms with Gasteiger partial charge in [0.1, 0.15) is 0 Å². The van der Waals surface area contributed by atoms with Crippen LogP contribution in [0.1, 0.15) is 17.5 Å². The zero-order valence-corrected chi connectivity index (χ0v) is 10.9. The van der Waals surface area contributed by atoms with Crippen LogP contribution in [0.2, 0.25) is 0 Å². The van der Waals surface area contributed by atoms with Crippen molar-refractivity contribution >= 4 is 17.7 Å². The number of carboxylic acids is 1. The van der Waals surface area contributed by atoms with Gasteiger partial charge in [-0.2, -0.15) is 0 Å². The summed E-state index contributed by atoms with van der Waals surface area (Å²) in [6.45, 7) is 3.94. The molecule has 1 aromatic carbocycles. The molecule has 0 aromatic heterocycles. The standard InChI is InChI=1S/C13H18N2O4/c1-8-4-3-5-10(9(8)2)15-13(19)14-7-6-11(16)12(17)18/h3-5,11,16H,6-7H2,1-2H3,(H,17,18)(H2,14,15,19). The van der Waals surface area contributed by atoms with Crippen LogP contribution in [-0.4, -0.2) is 34.9 Å². The van der Waals surface area contributed by atoms with Gasteiger partial charge in [0.05, 0.1) is 0 Å². The molecule has 0 fully saturated rings. The first-order chi connectivity index (χ1) is 8.91. The molecule has 0 saturated heterocycles. The van der Waals surface area contributed by atoms with Crippen molar-refractivity contribution in [3.8, 4) is 0 Å². The van der Waals surface area contributed by atoms with E-state index in [9.17, 15) is 9.59 Å². The predicted molar refractivity (Wildman–Crippen MR) is 71.2 cm³/mol. The van der Waals surface area contributed by atoms with Crippen molar-refractivity contribution in [1.29, 1.82) is 0 Å². The minimum absolute atomic E-state index is 0.0322. The van der Waals surface area contributed by atoms with Gasteiger partial charge in [0.15, 0.2) is 6.10 Å². The molecule has 0 aliphatic carbocycles. The van der Waals surface area contributed by atoms with Gasteiger partial charge in [-0.25, -0.2) is 9.59 Å². The highest BCUT2D eigenvalue weighted by Crippen LogP contribution is 2.17. The van der Waals surface area contributed by atoms with E-state index < -0.39 is 18.1 Å². The number of hydrogen-bond donors (Lipinski definition) is 4. The van der Waals surface area contributed by atoms with Crippen molar-refractivity contribution in [3.63, 3.8) is 0 Å². The van der Waals surface area contributed by atoms with Crippen LogP contribution in [0.4, 0.5) is 10.5 Å². The molecule has 104 valence electrons. The van der Waals surface area contributed by atoms with E-state index in [2.05, 4.69) is 10.6 Å². The molecule has 1 aromatic rings. The predicted octanol–water partition coefficient (Wildman–Crippen LogP) is 1.26. The Kier molecular flexibility index (Phi) is 5.32. The SMILES string of the molecule is Cc1cccc(NC(=O)NCCC(O)C(=O)O)c1C. The summed E-state index contributed by atoms with van der Waals surface area (Å²) < 4.78 is 0. The molecular formula is C13H18N2O4. The van der Waals surface area contributed by atoms with Crippen molar-refractivity contribution in [1.82, 2.24) is 5.32 Å². The Hall–Kier alpha value is -2.08. The number of nitrogens with one attached hydrogen (secondary N) is 2. The first-order valence-corrected chi connectivity index (χ1v) is 5.93. The largest absolute Gasteiger partial charge is 0.479 e. The van der Waals surface area contributed by atoms with Crippen LogP contribution in [0.5, 0.6) is 0 Å². The van der Waals surface area contributed by atoms with Crippen LogP contribution in [0.25, 0.3) is 0 Å². The first kappa shape index (κ1) is 15.0. The lowest BCUT2D eigenvalue weighted by molar-refractivity contribution is -0.146. The van der Waals surface area contributed by atoms with Gasteiger partial charge in [0.25, 0.3) is 0 Å². The summed E-state index contributed by atoms with van der Waals surface area (Å²) in [7, 11) is 0. The number of aliphatic hydroxyl groups excluding tert-OH is 1. The Morgan fingerprint density at radius 2 is 2.00 bits per heavy atom. The fourth-order valence-electron chi connectivity index (χ4n) is 1.50. The molecule has 6 nitrogen and oxygen atoms in total. The van der Waals surface area contributed by atoms with Gasteiger partial charge in [-0.1, -0.05) is 12.1 Å². The van der Waals surface area contributed by atoms with Crippen molar-refractivity contribution in [2.24, 2.45) is 0 Å². The highest BCUT2D eigenvalue weighted by molar-refractivity contribution is 5.90. The number of carboxylic acid groups (broad SMARTS) is 1. The van der Waals surface area contributed by atoms with E-state index >= 15 is 0 Å². The molecule has 0 radical (unpaired) electrons. The fraction of sp³-hybridized carbons (Fsp3) is 0.385. The molecule has 4 N–H and O–H groups in total. The summed E-state index contributed by atoms with van der Waals surface area (Å²) in [5, 5.41) is 22.7. The summed E-state index contributed by atoms with van der Waals surface area (Å²) in [5.74, 6) is -1.29. The lowest BCUT2D eigenvalue weighted by Crippen LogP contribution is -2.33. The monoisotopic (exact) mass is 266 g/mol. The number of urea groups is 1. The third-order valence-corrected chi connectivity index (χ3v) is 2.84. The van der Waals surface area contributed by atoms with Crippen molar-refractivity contribution in [2.45, 2.75) is 26.4 Å². The number of anilines is 1. The Morgan fingerprint density at radius 3 is 2.63 bits per heavy atom. The van der Waals surface area contributed by atoms with Gasteiger partial charge < -0.3 is 20.8 Å². The molecule has 0 spiro atoms. The number of carbonyl (C=O) groups is 2. The molecule has 1 rings (SSSR count). The van der Waals surface area contributed by atoms with E-state index in [-0.39, 0.29) is 13.0 Å². The van der Waals surface area contributed by atoms with Crippen LogP contribution >= 0.6 is 0 Å². The van der Waals surface area contributed by atoms with Gasteiger partial charge in [0.2, 0.25) is 0 Å². The molecule has 19 heavy (non-hydrogen) atoms. The van der Waals surface area contributed by atoms with E-state index in [1.54, 1.807) is 6.07 Å². The smallest absolute Gasteiger partial charge is 0.332 e. The Bertz CT molecular complexity index is 474. The van der Waals surface area contributed by atoms with Gasteiger partial charge in [-0.05, 0) is 31.0 Å². The van der Waals surface area contributed by atoms with Crippen molar-refractivity contribution in [2.75, 3.05) is 11.9 Å². The average molecular weight is 266 g/mol. The number of aryl methyl sites for hydroxylation is 1. The Morgan fingerprint density at radius 1 is 1.32 bits per heavy atom. The normalized spacial score (nSPS) is 11.7. The van der Waals surface area contributed by atoms with Crippen LogP contribution in [-0.2, 0) is 4.79 Å². The second-order valence-electron chi connectivity index (χ2n) is 4.27. The quantitative estimate of drug-likeness (QED) is 0.644. The zero-order chi connectivity index (χ0) is 14.4. The van der Waals surface area contributed by atoms with E-state index in [4.69, 9.17) is 10.2 Å². The summed E-state index contributed by atoms with van der Waals surface area (Å²) in [5.41, 5.74) is 2.75. The topological polar surface area (TPSA) is 98.7 Å². The van der Waals surface area contributed by atoms with E-state index in [0.29, 0.717) is 5.69 Å². The van der Waals surface area contributed by atoms with Gasteiger partial charge in [-0.3, -0.25) is 0 Å². The second-order valence-corrected chi connectivity index (χ2v) is 4.27. The average Bonchev–Trinajstić information content (AvgIpc) is 2.34. The minimum Gasteiger partial charge on any atom is -0.479 e. The highest BCUT2D eigenvalue weighted by atomic mass is 16.4. The number of aliphatic hydroxyl groups is 1. The maximum Gasteiger partial charge on any atom is 0.332 e. The number of benzene rings is 1. The molecule has 0 aliphatic heterocycles. The Balaban J connectivity index is 2.43. The van der Waals surface area contributed by atoms with Crippen LogP contribution in [0.15, 0.2) is 18.2 Å².